The van der Waals surface area contributed by atoms with Crippen molar-refractivity contribution in [2.75, 3.05) is 13.6 Å². The minimum Gasteiger partial charge on any atom is -0.356 e. The number of aryl methyl sites for hydroxylation is 1. The molecule has 0 aliphatic rings. The average Bonchev–Trinajstić information content (AvgIpc) is 3.04. The maximum Gasteiger partial charge on any atom is 0.247 e. The van der Waals surface area contributed by atoms with Crippen LogP contribution in [0, 0.1) is 6.92 Å². The Morgan fingerprint density at radius 2 is 1.85 bits per heavy atom. The number of nitrogens with one attached hydrogen (secondary N) is 2. The van der Waals surface area contributed by atoms with E-state index in [4.69, 9.17) is 5.14 Å². The molecule has 6 nitrogen and oxygen atoms in total. The Bertz CT molecular complexity index is 833. The predicted molar refractivity (Wildman–Crippen MR) is 119 cm³/mol. The Morgan fingerprint density at radius 3 is 2.38 bits per heavy atom. The van der Waals surface area contributed by atoms with Crippen molar-refractivity contribution in [2.24, 2.45) is 10.1 Å². The van der Waals surface area contributed by atoms with Gasteiger partial charge >= 0.3 is 0 Å². The zero-order valence-electron chi connectivity index (χ0n) is 15.0. The molecule has 144 valence electrons. The summed E-state index contributed by atoms with van der Waals surface area (Å²) in [7, 11) is -1.93. The third-order valence-corrected chi connectivity index (χ3v) is 6.32. The predicted octanol–water partition coefficient (Wildman–Crippen LogP) is 2.79. The van der Waals surface area contributed by atoms with Crippen LogP contribution in [0.25, 0.3) is 0 Å². The minimum absolute atomic E-state index is 0. The molecule has 9 heteroatoms. The fourth-order valence-corrected chi connectivity index (χ4v) is 3.98. The van der Waals surface area contributed by atoms with Gasteiger partial charge in [0.1, 0.15) is 4.21 Å². The number of halogens is 1. The van der Waals surface area contributed by atoms with Crippen LogP contribution < -0.4 is 15.8 Å². The fraction of sp³-hybridized carbons (Fsp3) is 0.353. The molecule has 0 amide bonds. The monoisotopic (exact) mass is 508 g/mol. The molecule has 2 aromatic rings. The van der Waals surface area contributed by atoms with Crippen molar-refractivity contribution in [2.45, 2.75) is 30.5 Å². The second kappa shape index (κ2) is 10.2. The van der Waals surface area contributed by atoms with Gasteiger partial charge in [-0.25, -0.2) is 13.6 Å². The third-order valence-electron chi connectivity index (χ3n) is 3.79. The number of thiophene rings is 1. The average molecular weight is 508 g/mol. The first-order valence-electron chi connectivity index (χ1n) is 7.92. The van der Waals surface area contributed by atoms with Crippen LogP contribution in [0.2, 0.25) is 0 Å². The summed E-state index contributed by atoms with van der Waals surface area (Å²) in [5.74, 6) is 1.01. The van der Waals surface area contributed by atoms with Gasteiger partial charge in [0.05, 0.1) is 6.54 Å². The van der Waals surface area contributed by atoms with Gasteiger partial charge in [0.2, 0.25) is 10.0 Å². The highest BCUT2D eigenvalue weighted by Gasteiger charge is 2.11. The van der Waals surface area contributed by atoms with E-state index in [0.717, 1.165) is 22.8 Å². The molecular formula is C17H25IN4O2S2. The summed E-state index contributed by atoms with van der Waals surface area (Å²) in [6, 6.07) is 11.8. The molecule has 0 radical (unpaired) electrons. The number of benzene rings is 1. The largest absolute Gasteiger partial charge is 0.356 e. The number of aliphatic imine (C=N–C) groups is 1. The Labute approximate surface area is 176 Å². The van der Waals surface area contributed by atoms with E-state index in [9.17, 15) is 8.42 Å². The summed E-state index contributed by atoms with van der Waals surface area (Å²) in [5, 5.41) is 11.6. The maximum absolute atomic E-state index is 11.3. The van der Waals surface area contributed by atoms with Gasteiger partial charge in [-0.3, -0.25) is 4.99 Å². The topological polar surface area (TPSA) is 96.6 Å². The van der Waals surface area contributed by atoms with Crippen LogP contribution in [0.1, 0.15) is 28.8 Å². The summed E-state index contributed by atoms with van der Waals surface area (Å²) in [5.41, 5.74) is 2.51. The van der Waals surface area contributed by atoms with Crippen LogP contribution in [-0.4, -0.2) is 28.0 Å². The highest BCUT2D eigenvalue weighted by molar-refractivity contribution is 14.0. The molecule has 0 saturated carbocycles. The Balaban J connectivity index is 0.00000338. The first kappa shape index (κ1) is 22.9. The van der Waals surface area contributed by atoms with E-state index in [0.29, 0.717) is 18.4 Å². The Kier molecular flexibility index (Phi) is 9.01. The zero-order valence-corrected chi connectivity index (χ0v) is 19.0. The molecule has 0 saturated heterocycles. The Morgan fingerprint density at radius 1 is 1.19 bits per heavy atom. The molecule has 4 N–H and O–H groups in total. The van der Waals surface area contributed by atoms with Crippen molar-refractivity contribution < 1.29 is 8.42 Å². The summed E-state index contributed by atoms with van der Waals surface area (Å²) in [6.07, 6.45) is 0. The molecule has 26 heavy (non-hydrogen) atoms. The molecule has 0 aliphatic heterocycles. The number of primary sulfonamides is 1. The highest BCUT2D eigenvalue weighted by Crippen LogP contribution is 2.20. The van der Waals surface area contributed by atoms with Crippen LogP contribution in [0.4, 0.5) is 0 Å². The lowest BCUT2D eigenvalue weighted by atomic mass is 10.0. The summed E-state index contributed by atoms with van der Waals surface area (Å²) < 4.78 is 22.8. The van der Waals surface area contributed by atoms with Crippen molar-refractivity contribution in [3.8, 4) is 0 Å². The molecular weight excluding hydrogens is 483 g/mol. The van der Waals surface area contributed by atoms with E-state index in [-0.39, 0.29) is 28.2 Å². The minimum atomic E-state index is -3.64. The van der Waals surface area contributed by atoms with E-state index in [1.165, 1.54) is 17.2 Å². The smallest absolute Gasteiger partial charge is 0.247 e. The van der Waals surface area contributed by atoms with Crippen molar-refractivity contribution in [3.05, 3.63) is 52.4 Å². The fourth-order valence-electron chi connectivity index (χ4n) is 2.26. The molecule has 1 aromatic heterocycles. The van der Waals surface area contributed by atoms with Gasteiger partial charge in [-0.1, -0.05) is 36.8 Å². The van der Waals surface area contributed by atoms with Crippen molar-refractivity contribution in [1.82, 2.24) is 10.6 Å². The van der Waals surface area contributed by atoms with Gasteiger partial charge in [0.25, 0.3) is 0 Å². The van der Waals surface area contributed by atoms with Crippen LogP contribution in [0.15, 0.2) is 45.6 Å². The molecule has 1 atom stereocenters. The van der Waals surface area contributed by atoms with Crippen LogP contribution >= 0.6 is 35.3 Å². The van der Waals surface area contributed by atoms with E-state index in [1.54, 1.807) is 13.1 Å². The van der Waals surface area contributed by atoms with Gasteiger partial charge in [0, 0.05) is 18.5 Å². The highest BCUT2D eigenvalue weighted by atomic mass is 127. The molecule has 2 rings (SSSR count). The molecule has 0 aliphatic carbocycles. The zero-order chi connectivity index (χ0) is 18.4. The molecule has 1 heterocycles. The summed E-state index contributed by atoms with van der Waals surface area (Å²) in [6.45, 7) is 5.46. The lowest BCUT2D eigenvalue weighted by molar-refractivity contribution is 0.600. The maximum atomic E-state index is 11.3. The summed E-state index contributed by atoms with van der Waals surface area (Å²) >= 11 is 1.16. The lowest BCUT2D eigenvalue weighted by Gasteiger charge is -2.16. The number of hydrogen-bond acceptors (Lipinski definition) is 4. The number of nitrogens with two attached hydrogens (primary N) is 1. The quantitative estimate of drug-likeness (QED) is 0.318. The standard InChI is InChI=1S/C17H24N4O2S2.HI/c1-12-4-6-14(7-5-12)13(2)10-20-17(19-3)21-11-15-8-9-16(24-15)25(18,22)23;/h4-9,13H,10-11H2,1-3H3,(H2,18,22,23)(H2,19,20,21);1H. The first-order chi connectivity index (χ1) is 11.8. The van der Waals surface area contributed by atoms with Gasteiger partial charge in [-0.05, 0) is 30.5 Å². The van der Waals surface area contributed by atoms with E-state index >= 15 is 0 Å². The molecule has 0 spiro atoms. The van der Waals surface area contributed by atoms with Crippen molar-refractivity contribution >= 4 is 51.3 Å². The number of rotatable bonds is 6. The van der Waals surface area contributed by atoms with E-state index in [2.05, 4.69) is 53.7 Å². The number of sulfonamides is 1. The van der Waals surface area contributed by atoms with Crippen molar-refractivity contribution in [3.63, 3.8) is 0 Å². The molecule has 0 fully saturated rings. The third kappa shape index (κ3) is 6.86. The first-order valence-corrected chi connectivity index (χ1v) is 10.3. The van der Waals surface area contributed by atoms with Gasteiger partial charge in [-0.2, -0.15) is 0 Å². The normalized spacial score (nSPS) is 13.0. The SMILES string of the molecule is CN=C(NCc1ccc(S(N)(=O)=O)s1)NCC(C)c1ccc(C)cc1.I. The van der Waals surface area contributed by atoms with Crippen LogP contribution in [-0.2, 0) is 16.6 Å². The second-order valence-corrected chi connectivity index (χ2v) is 8.84. The van der Waals surface area contributed by atoms with Gasteiger partial charge < -0.3 is 10.6 Å². The Hall–Kier alpha value is -1.17. The van der Waals surface area contributed by atoms with Crippen molar-refractivity contribution in [1.29, 1.82) is 0 Å². The van der Waals surface area contributed by atoms with Crippen LogP contribution in [0.5, 0.6) is 0 Å². The number of guanidine groups is 1. The van der Waals surface area contributed by atoms with E-state index < -0.39 is 10.0 Å². The van der Waals surface area contributed by atoms with Crippen LogP contribution in [0.3, 0.4) is 0 Å². The molecule has 1 aromatic carbocycles. The molecule has 1 unspecified atom stereocenters. The lowest BCUT2D eigenvalue weighted by Crippen LogP contribution is -2.38. The molecule has 0 bridgehead atoms. The summed E-state index contributed by atoms with van der Waals surface area (Å²) in [4.78, 5) is 5.07. The van der Waals surface area contributed by atoms with Gasteiger partial charge in [0.15, 0.2) is 5.96 Å². The van der Waals surface area contributed by atoms with Gasteiger partial charge in [-0.15, -0.1) is 35.3 Å². The number of hydrogen-bond donors (Lipinski definition) is 3. The second-order valence-electron chi connectivity index (χ2n) is 5.88. The number of nitrogens with zero attached hydrogens (tertiary/aromatic N) is 1. The van der Waals surface area contributed by atoms with E-state index in [1.807, 2.05) is 0 Å².